The SMILES string of the molecule is CCN(C(=O)COC(=O)/C=C/c1cc(OC)ccc1OC)C1CCS(=O)(=O)C1. The number of likely N-dealkylation sites (N-methyl/N-ethyl adjacent to an activating group) is 1. The Hall–Kier alpha value is -2.55. The van der Waals surface area contributed by atoms with E-state index in [1.165, 1.54) is 31.3 Å². The topological polar surface area (TPSA) is 99.2 Å². The van der Waals surface area contributed by atoms with Crippen LogP contribution in [0, 0.1) is 0 Å². The van der Waals surface area contributed by atoms with Crippen LogP contribution in [0.25, 0.3) is 6.08 Å². The van der Waals surface area contributed by atoms with Crippen molar-refractivity contribution < 1.29 is 32.2 Å². The minimum atomic E-state index is -3.10. The summed E-state index contributed by atoms with van der Waals surface area (Å²) in [5.74, 6) is 0.0934. The minimum absolute atomic E-state index is 0.0456. The normalized spacial score (nSPS) is 18.0. The van der Waals surface area contributed by atoms with E-state index in [9.17, 15) is 18.0 Å². The van der Waals surface area contributed by atoms with Crippen LogP contribution in [-0.2, 0) is 24.2 Å². The number of hydrogen-bond acceptors (Lipinski definition) is 7. The molecule has 1 unspecified atom stereocenters. The molecule has 0 aromatic heterocycles. The maximum Gasteiger partial charge on any atom is 0.331 e. The van der Waals surface area contributed by atoms with E-state index >= 15 is 0 Å². The van der Waals surface area contributed by atoms with Crippen LogP contribution < -0.4 is 9.47 Å². The molecule has 1 atom stereocenters. The van der Waals surface area contributed by atoms with Crippen molar-refractivity contribution in [3.63, 3.8) is 0 Å². The molecule has 2 rings (SSSR count). The number of amides is 1. The number of esters is 1. The second-order valence-corrected chi connectivity index (χ2v) is 8.51. The summed E-state index contributed by atoms with van der Waals surface area (Å²) in [4.78, 5) is 25.7. The average Bonchev–Trinajstić information content (AvgIpc) is 3.04. The Kier molecular flexibility index (Phi) is 7.45. The fourth-order valence-corrected chi connectivity index (χ4v) is 4.78. The zero-order valence-corrected chi connectivity index (χ0v) is 17.0. The van der Waals surface area contributed by atoms with Crippen LogP contribution in [0.3, 0.4) is 0 Å². The summed E-state index contributed by atoms with van der Waals surface area (Å²) >= 11 is 0. The summed E-state index contributed by atoms with van der Waals surface area (Å²) in [6.07, 6.45) is 3.11. The number of carbonyl (C=O) groups excluding carboxylic acids is 2. The molecular formula is C19H25NO7S. The van der Waals surface area contributed by atoms with Crippen LogP contribution in [0.2, 0.25) is 0 Å². The molecule has 1 aliphatic rings. The first-order chi connectivity index (χ1) is 13.3. The average molecular weight is 411 g/mol. The molecule has 8 nitrogen and oxygen atoms in total. The first kappa shape index (κ1) is 21.7. The summed E-state index contributed by atoms with van der Waals surface area (Å²) in [5.41, 5.74) is 0.622. The van der Waals surface area contributed by atoms with Gasteiger partial charge in [-0.1, -0.05) is 0 Å². The second-order valence-electron chi connectivity index (χ2n) is 6.29. The molecule has 0 spiro atoms. The van der Waals surface area contributed by atoms with Crippen LogP contribution in [0.4, 0.5) is 0 Å². The summed E-state index contributed by atoms with van der Waals surface area (Å²) in [6.45, 7) is 1.68. The molecule has 0 aliphatic carbocycles. The van der Waals surface area contributed by atoms with Crippen LogP contribution in [0.15, 0.2) is 24.3 Å². The third-order valence-electron chi connectivity index (χ3n) is 4.48. The van der Waals surface area contributed by atoms with E-state index in [0.717, 1.165) is 0 Å². The first-order valence-electron chi connectivity index (χ1n) is 8.86. The van der Waals surface area contributed by atoms with E-state index in [-0.39, 0.29) is 17.5 Å². The van der Waals surface area contributed by atoms with Gasteiger partial charge in [0.15, 0.2) is 16.4 Å². The predicted octanol–water partition coefficient (Wildman–Crippen LogP) is 1.30. The highest BCUT2D eigenvalue weighted by molar-refractivity contribution is 7.91. The molecular weight excluding hydrogens is 386 g/mol. The van der Waals surface area contributed by atoms with Crippen molar-refractivity contribution in [2.45, 2.75) is 19.4 Å². The van der Waals surface area contributed by atoms with Gasteiger partial charge in [-0.15, -0.1) is 0 Å². The zero-order chi connectivity index (χ0) is 20.7. The smallest absolute Gasteiger partial charge is 0.331 e. The maximum absolute atomic E-state index is 12.3. The second kappa shape index (κ2) is 9.59. The van der Waals surface area contributed by atoms with Gasteiger partial charge < -0.3 is 19.1 Å². The van der Waals surface area contributed by atoms with Gasteiger partial charge in [0.2, 0.25) is 0 Å². The van der Waals surface area contributed by atoms with Crippen molar-refractivity contribution >= 4 is 27.8 Å². The lowest BCUT2D eigenvalue weighted by atomic mass is 10.1. The number of hydrogen-bond donors (Lipinski definition) is 0. The fourth-order valence-electron chi connectivity index (χ4n) is 3.05. The highest BCUT2D eigenvalue weighted by Gasteiger charge is 2.34. The quantitative estimate of drug-likeness (QED) is 0.469. The highest BCUT2D eigenvalue weighted by Crippen LogP contribution is 2.25. The Labute approximate surface area is 165 Å². The van der Waals surface area contributed by atoms with Crippen molar-refractivity contribution in [2.24, 2.45) is 0 Å². The molecule has 1 aliphatic heterocycles. The number of sulfone groups is 1. The lowest BCUT2D eigenvalue weighted by Gasteiger charge is -2.26. The molecule has 0 bridgehead atoms. The monoisotopic (exact) mass is 411 g/mol. The molecule has 1 fully saturated rings. The van der Waals surface area contributed by atoms with Gasteiger partial charge in [0.25, 0.3) is 5.91 Å². The van der Waals surface area contributed by atoms with Gasteiger partial charge in [-0.05, 0) is 37.6 Å². The van der Waals surface area contributed by atoms with Gasteiger partial charge >= 0.3 is 5.97 Å². The van der Waals surface area contributed by atoms with Crippen molar-refractivity contribution in [1.29, 1.82) is 0 Å². The van der Waals surface area contributed by atoms with Gasteiger partial charge in [0.1, 0.15) is 11.5 Å². The van der Waals surface area contributed by atoms with E-state index < -0.39 is 28.3 Å². The maximum atomic E-state index is 12.3. The van der Waals surface area contributed by atoms with Crippen LogP contribution in [-0.4, -0.2) is 70.1 Å². The molecule has 0 radical (unpaired) electrons. The van der Waals surface area contributed by atoms with Crippen LogP contribution in [0.1, 0.15) is 18.9 Å². The lowest BCUT2D eigenvalue weighted by molar-refractivity contribution is -0.149. The Morgan fingerprint density at radius 3 is 2.57 bits per heavy atom. The third-order valence-corrected chi connectivity index (χ3v) is 6.23. The van der Waals surface area contributed by atoms with Gasteiger partial charge in [-0.3, -0.25) is 4.79 Å². The van der Waals surface area contributed by atoms with Gasteiger partial charge in [0, 0.05) is 24.2 Å². The fraction of sp³-hybridized carbons (Fsp3) is 0.474. The van der Waals surface area contributed by atoms with Crippen molar-refractivity contribution in [1.82, 2.24) is 4.90 Å². The lowest BCUT2D eigenvalue weighted by Crippen LogP contribution is -2.43. The number of nitrogens with zero attached hydrogens (tertiary/aromatic N) is 1. The number of carbonyl (C=O) groups is 2. The van der Waals surface area contributed by atoms with E-state index in [1.54, 1.807) is 25.1 Å². The molecule has 154 valence electrons. The molecule has 1 saturated heterocycles. The number of methoxy groups -OCH3 is 2. The first-order valence-corrected chi connectivity index (χ1v) is 10.7. The van der Waals surface area contributed by atoms with Crippen LogP contribution in [0.5, 0.6) is 11.5 Å². The van der Waals surface area contributed by atoms with Gasteiger partial charge in [0.05, 0.1) is 25.7 Å². The van der Waals surface area contributed by atoms with Crippen LogP contribution >= 0.6 is 0 Å². The van der Waals surface area contributed by atoms with E-state index in [0.29, 0.717) is 30.0 Å². The van der Waals surface area contributed by atoms with Gasteiger partial charge in [-0.25, -0.2) is 13.2 Å². The summed E-state index contributed by atoms with van der Waals surface area (Å²) in [7, 11) is -0.0574. The Bertz CT molecular complexity index is 848. The summed E-state index contributed by atoms with van der Waals surface area (Å²) in [6, 6.07) is 4.78. The third kappa shape index (κ3) is 5.72. The van der Waals surface area contributed by atoms with Crippen molar-refractivity contribution in [3.8, 4) is 11.5 Å². The zero-order valence-electron chi connectivity index (χ0n) is 16.2. The molecule has 1 aromatic rings. The van der Waals surface area contributed by atoms with E-state index in [4.69, 9.17) is 14.2 Å². The Balaban J connectivity index is 1.94. The predicted molar refractivity (Wildman–Crippen MR) is 104 cm³/mol. The molecule has 1 amide bonds. The molecule has 0 N–H and O–H groups in total. The molecule has 9 heteroatoms. The number of rotatable bonds is 8. The minimum Gasteiger partial charge on any atom is -0.497 e. The Morgan fingerprint density at radius 1 is 1.25 bits per heavy atom. The summed E-state index contributed by atoms with van der Waals surface area (Å²) in [5, 5.41) is 0. The van der Waals surface area contributed by atoms with Gasteiger partial charge in [-0.2, -0.15) is 0 Å². The number of ether oxygens (including phenoxy) is 3. The highest BCUT2D eigenvalue weighted by atomic mass is 32.2. The van der Waals surface area contributed by atoms with E-state index in [2.05, 4.69) is 0 Å². The molecule has 28 heavy (non-hydrogen) atoms. The standard InChI is InChI=1S/C19H25NO7S/c1-4-20(15-9-10-28(23,24)13-15)18(21)12-27-19(22)8-5-14-11-16(25-2)6-7-17(14)26-3/h5-8,11,15H,4,9-10,12-13H2,1-3H3/b8-5+. The van der Waals surface area contributed by atoms with E-state index in [1.807, 2.05) is 0 Å². The molecule has 1 heterocycles. The molecule has 0 saturated carbocycles. The Morgan fingerprint density at radius 2 is 2.00 bits per heavy atom. The largest absolute Gasteiger partial charge is 0.497 e. The molecule has 1 aromatic carbocycles. The van der Waals surface area contributed by atoms with Crippen molar-refractivity contribution in [3.05, 3.63) is 29.8 Å². The number of benzene rings is 1. The summed E-state index contributed by atoms with van der Waals surface area (Å²) < 4.78 is 38.6. The van der Waals surface area contributed by atoms with Crippen molar-refractivity contribution in [2.75, 3.05) is 38.9 Å².